The number of hydrogen-bond donors (Lipinski definition) is 0. The molecule has 0 radical (unpaired) electrons. The van der Waals surface area contributed by atoms with Gasteiger partial charge < -0.3 is 0 Å². The van der Waals surface area contributed by atoms with Crippen LogP contribution in [-0.2, 0) is 0 Å². The predicted molar refractivity (Wildman–Crippen MR) is 147 cm³/mol. The Kier molecular flexibility index (Phi) is 4.05. The second-order valence-corrected chi connectivity index (χ2v) is 13.7. The maximum atomic E-state index is 2.44. The molecule has 0 saturated heterocycles. The van der Waals surface area contributed by atoms with Crippen LogP contribution in [0.1, 0.15) is 5.56 Å². The maximum Gasteiger partial charge on any atom is 0.182 e. The summed E-state index contributed by atoms with van der Waals surface area (Å²) in [4.78, 5) is 0. The molecule has 33 heavy (non-hydrogen) atoms. The molecule has 1 atom stereocenters. The first-order valence-electron chi connectivity index (χ1n) is 11.5. The van der Waals surface area contributed by atoms with Crippen LogP contribution in [0.25, 0.3) is 31.3 Å². The fraction of sp³-hybridized carbons (Fsp3) is 0.0323. The van der Waals surface area contributed by atoms with Crippen molar-refractivity contribution in [1.82, 2.24) is 0 Å². The first-order valence-corrected chi connectivity index (χ1v) is 14.3. The van der Waals surface area contributed by atoms with Crippen LogP contribution in [0.4, 0.5) is 0 Å². The third kappa shape index (κ3) is 2.51. The molecule has 6 aromatic rings. The molecule has 2 heterocycles. The molecule has 0 N–H and O–H groups in total. The predicted octanol–water partition coefficient (Wildman–Crippen LogP) is 5.72. The number of fused-ring (bicyclic) bond motifs is 7. The molecular weight excluding hydrogens is 432 g/mol. The Labute approximate surface area is 198 Å². The highest BCUT2D eigenvalue weighted by atomic mass is 32.1. The van der Waals surface area contributed by atoms with Gasteiger partial charge in [0, 0.05) is 20.2 Å². The van der Waals surface area contributed by atoms with Crippen LogP contribution in [0, 0.1) is 6.92 Å². The third-order valence-corrected chi connectivity index (χ3v) is 13.5. The van der Waals surface area contributed by atoms with Crippen LogP contribution in [-0.4, -0.2) is 8.07 Å². The standard InChI is InChI=1S/C31H22SSi/c1-21-10-9-13-23(20-21)33(22-11-3-2-4-12-22)29-17-8-6-15-25(29)27-19-18-26-24-14-5-7-16-28(24)32-30(26)31(27)33/h2-20H,1H3. The average molecular weight is 455 g/mol. The van der Waals surface area contributed by atoms with Crippen LogP contribution in [0.5, 0.6) is 0 Å². The van der Waals surface area contributed by atoms with Crippen LogP contribution >= 0.6 is 11.3 Å². The highest BCUT2D eigenvalue weighted by molar-refractivity contribution is 7.31. The zero-order chi connectivity index (χ0) is 22.0. The Bertz CT molecular complexity index is 1680. The molecule has 1 aromatic heterocycles. The second-order valence-electron chi connectivity index (χ2n) is 8.99. The first-order chi connectivity index (χ1) is 16.3. The largest absolute Gasteiger partial charge is 0.182 e. The lowest BCUT2D eigenvalue weighted by atomic mass is 10.0. The Morgan fingerprint density at radius 3 is 2.21 bits per heavy atom. The summed E-state index contributed by atoms with van der Waals surface area (Å²) >= 11 is 1.97. The van der Waals surface area contributed by atoms with Crippen molar-refractivity contribution in [3.63, 3.8) is 0 Å². The molecule has 1 aliphatic rings. The van der Waals surface area contributed by atoms with E-state index < -0.39 is 8.07 Å². The van der Waals surface area contributed by atoms with E-state index in [0.29, 0.717) is 0 Å². The van der Waals surface area contributed by atoms with Gasteiger partial charge in [-0.2, -0.15) is 0 Å². The smallest absolute Gasteiger partial charge is 0.135 e. The molecule has 1 aliphatic heterocycles. The summed E-state index contributed by atoms with van der Waals surface area (Å²) in [6, 6.07) is 43.4. The lowest BCUT2D eigenvalue weighted by molar-refractivity contribution is 1.49. The average Bonchev–Trinajstić information content (AvgIpc) is 3.39. The summed E-state index contributed by atoms with van der Waals surface area (Å²) in [5, 5.41) is 8.79. The van der Waals surface area contributed by atoms with Crippen LogP contribution in [0.15, 0.2) is 115 Å². The van der Waals surface area contributed by atoms with E-state index in [9.17, 15) is 0 Å². The van der Waals surface area contributed by atoms with Crippen LogP contribution in [0.2, 0.25) is 0 Å². The van der Waals surface area contributed by atoms with E-state index >= 15 is 0 Å². The molecule has 0 saturated carbocycles. The molecule has 0 aliphatic carbocycles. The quantitative estimate of drug-likeness (QED) is 0.293. The minimum absolute atomic E-state index is 1.32. The van der Waals surface area contributed by atoms with E-state index in [1.807, 2.05) is 11.3 Å². The fourth-order valence-corrected chi connectivity index (χ4v) is 13.0. The van der Waals surface area contributed by atoms with Gasteiger partial charge in [-0.1, -0.05) is 115 Å². The second kappa shape index (κ2) is 7.02. The molecule has 0 amide bonds. The molecule has 7 rings (SSSR count). The van der Waals surface area contributed by atoms with Gasteiger partial charge in [-0.15, -0.1) is 11.3 Å². The van der Waals surface area contributed by atoms with E-state index in [1.165, 1.54) is 52.4 Å². The molecule has 0 bridgehead atoms. The summed E-state index contributed by atoms with van der Waals surface area (Å²) < 4.78 is 2.83. The molecule has 0 fully saturated rings. The van der Waals surface area contributed by atoms with Gasteiger partial charge in [0.05, 0.1) is 0 Å². The van der Waals surface area contributed by atoms with E-state index in [2.05, 4.69) is 122 Å². The maximum absolute atomic E-state index is 2.47. The van der Waals surface area contributed by atoms with Gasteiger partial charge in [-0.05, 0) is 44.9 Å². The zero-order valence-electron chi connectivity index (χ0n) is 18.4. The third-order valence-electron chi connectivity index (χ3n) is 7.20. The zero-order valence-corrected chi connectivity index (χ0v) is 20.2. The van der Waals surface area contributed by atoms with Gasteiger partial charge in [0.25, 0.3) is 0 Å². The van der Waals surface area contributed by atoms with Crippen LogP contribution < -0.4 is 20.7 Å². The fourth-order valence-electron chi connectivity index (χ4n) is 5.90. The van der Waals surface area contributed by atoms with E-state index in [1.54, 1.807) is 5.19 Å². The molecular formula is C31H22SSi. The van der Waals surface area contributed by atoms with Crippen molar-refractivity contribution >= 4 is 60.3 Å². The van der Waals surface area contributed by atoms with E-state index in [4.69, 9.17) is 0 Å². The Morgan fingerprint density at radius 1 is 0.576 bits per heavy atom. The summed E-state index contributed by atoms with van der Waals surface area (Å²) in [6.45, 7) is 2.22. The van der Waals surface area contributed by atoms with Crippen molar-refractivity contribution in [3.8, 4) is 11.1 Å². The number of rotatable bonds is 2. The Balaban J connectivity index is 1.74. The highest BCUT2D eigenvalue weighted by Crippen LogP contribution is 2.39. The van der Waals surface area contributed by atoms with Crippen molar-refractivity contribution in [2.75, 3.05) is 0 Å². The number of aryl methyl sites for hydroxylation is 1. The summed E-state index contributed by atoms with van der Waals surface area (Å²) in [7, 11) is -2.47. The summed E-state index contributed by atoms with van der Waals surface area (Å²) in [6.07, 6.45) is 0. The van der Waals surface area contributed by atoms with Gasteiger partial charge in [-0.25, -0.2) is 0 Å². The van der Waals surface area contributed by atoms with Gasteiger partial charge in [0.2, 0.25) is 0 Å². The Morgan fingerprint density at radius 2 is 1.33 bits per heavy atom. The van der Waals surface area contributed by atoms with Crippen molar-refractivity contribution in [1.29, 1.82) is 0 Å². The first kappa shape index (κ1) is 19.0. The van der Waals surface area contributed by atoms with Gasteiger partial charge in [0.1, 0.15) is 0 Å². The van der Waals surface area contributed by atoms with Gasteiger partial charge in [0.15, 0.2) is 8.07 Å². The summed E-state index contributed by atoms with van der Waals surface area (Å²) in [5.41, 5.74) is 4.15. The molecule has 1 unspecified atom stereocenters. The van der Waals surface area contributed by atoms with E-state index in [-0.39, 0.29) is 0 Å². The highest BCUT2D eigenvalue weighted by Gasteiger charge is 2.49. The van der Waals surface area contributed by atoms with E-state index in [0.717, 1.165) is 0 Å². The number of thiophene rings is 1. The minimum Gasteiger partial charge on any atom is -0.135 e. The molecule has 2 heteroatoms. The molecule has 0 spiro atoms. The van der Waals surface area contributed by atoms with Crippen molar-refractivity contribution in [2.45, 2.75) is 6.92 Å². The normalized spacial score (nSPS) is 16.8. The van der Waals surface area contributed by atoms with Crippen molar-refractivity contribution < 1.29 is 0 Å². The SMILES string of the molecule is Cc1cccc([Si]2(c3ccccc3)c3ccccc3-c3ccc4c(sc5ccccc54)c32)c1. The molecule has 156 valence electrons. The number of benzene rings is 5. The molecule has 5 aromatic carbocycles. The van der Waals surface area contributed by atoms with Crippen molar-refractivity contribution in [3.05, 3.63) is 121 Å². The Hall–Kier alpha value is -3.46. The minimum atomic E-state index is -2.47. The van der Waals surface area contributed by atoms with Crippen molar-refractivity contribution in [2.24, 2.45) is 0 Å². The van der Waals surface area contributed by atoms with Gasteiger partial charge in [-0.3, -0.25) is 0 Å². The van der Waals surface area contributed by atoms with Gasteiger partial charge >= 0.3 is 0 Å². The lowest BCUT2D eigenvalue weighted by Crippen LogP contribution is -2.72. The monoisotopic (exact) mass is 454 g/mol. The lowest BCUT2D eigenvalue weighted by Gasteiger charge is -2.32. The topological polar surface area (TPSA) is 0 Å². The summed E-state index contributed by atoms with van der Waals surface area (Å²) in [5.74, 6) is 0. The van der Waals surface area contributed by atoms with Crippen LogP contribution in [0.3, 0.4) is 0 Å². The number of hydrogen-bond acceptors (Lipinski definition) is 1. The molecule has 0 nitrogen and oxygen atoms in total.